The summed E-state index contributed by atoms with van der Waals surface area (Å²) < 4.78 is 0. The average molecular weight is 363 g/mol. The Morgan fingerprint density at radius 1 is 0.963 bits per heavy atom. The van der Waals surface area contributed by atoms with Crippen molar-refractivity contribution in [3.8, 4) is 0 Å². The van der Waals surface area contributed by atoms with Gasteiger partial charge in [-0.2, -0.15) is 0 Å². The average Bonchev–Trinajstić information content (AvgIpc) is 2.68. The molecule has 0 N–H and O–H groups in total. The van der Waals surface area contributed by atoms with Gasteiger partial charge in [-0.1, -0.05) is 50.2 Å². The van der Waals surface area contributed by atoms with Gasteiger partial charge in [-0.3, -0.25) is 4.79 Å². The molecule has 1 amide bonds. The Labute approximate surface area is 163 Å². The number of hydrogen-bond donors (Lipinski definition) is 0. The molecule has 2 aromatic rings. The molecule has 27 heavy (non-hydrogen) atoms. The second kappa shape index (κ2) is 8.43. The number of aryl methyl sites for hydroxylation is 1. The van der Waals surface area contributed by atoms with Gasteiger partial charge < -0.3 is 9.80 Å². The topological polar surface area (TPSA) is 23.6 Å². The quantitative estimate of drug-likeness (QED) is 0.730. The summed E-state index contributed by atoms with van der Waals surface area (Å²) >= 11 is 0. The van der Waals surface area contributed by atoms with E-state index in [1.54, 1.807) is 6.08 Å². The number of piperazine rings is 1. The standard InChI is InChI=1S/C24H30N2O/c1-18(2)22-11-8-21(9-12-22)10-13-24(27)26-16-14-25(15-17-26)23-7-5-6-19(3)20(23)4/h5-13,18H,14-17H2,1-4H3/b13-10+. The largest absolute Gasteiger partial charge is 0.368 e. The zero-order valence-corrected chi connectivity index (χ0v) is 16.9. The lowest BCUT2D eigenvalue weighted by Gasteiger charge is -2.36. The summed E-state index contributed by atoms with van der Waals surface area (Å²) in [5, 5.41) is 0. The van der Waals surface area contributed by atoms with Gasteiger partial charge in [-0.25, -0.2) is 0 Å². The molecule has 0 saturated carbocycles. The predicted octanol–water partition coefficient (Wildman–Crippen LogP) is 4.79. The highest BCUT2D eigenvalue weighted by atomic mass is 16.2. The molecule has 0 radical (unpaired) electrons. The van der Waals surface area contributed by atoms with Gasteiger partial charge in [0.05, 0.1) is 0 Å². The van der Waals surface area contributed by atoms with E-state index < -0.39 is 0 Å². The summed E-state index contributed by atoms with van der Waals surface area (Å²) in [6, 6.07) is 14.9. The third-order valence-corrected chi connectivity index (χ3v) is 5.53. The Morgan fingerprint density at radius 3 is 2.26 bits per heavy atom. The molecule has 1 fully saturated rings. The Balaban J connectivity index is 1.57. The minimum absolute atomic E-state index is 0.101. The van der Waals surface area contributed by atoms with Crippen molar-refractivity contribution in [1.29, 1.82) is 0 Å². The van der Waals surface area contributed by atoms with Gasteiger partial charge in [0, 0.05) is 37.9 Å². The summed E-state index contributed by atoms with van der Waals surface area (Å²) in [7, 11) is 0. The molecule has 1 aliphatic rings. The van der Waals surface area contributed by atoms with E-state index in [0.717, 1.165) is 31.7 Å². The van der Waals surface area contributed by atoms with Crippen LogP contribution in [0.15, 0.2) is 48.5 Å². The summed E-state index contributed by atoms with van der Waals surface area (Å²) in [6.45, 7) is 12.0. The van der Waals surface area contributed by atoms with Crippen molar-refractivity contribution in [2.45, 2.75) is 33.6 Å². The molecule has 1 aliphatic heterocycles. The van der Waals surface area contributed by atoms with Crippen LogP contribution in [0.2, 0.25) is 0 Å². The van der Waals surface area contributed by atoms with Gasteiger partial charge in [0.25, 0.3) is 0 Å². The van der Waals surface area contributed by atoms with Gasteiger partial charge in [-0.15, -0.1) is 0 Å². The maximum absolute atomic E-state index is 12.5. The number of nitrogens with zero attached hydrogens (tertiary/aromatic N) is 2. The minimum atomic E-state index is 0.101. The van der Waals surface area contributed by atoms with E-state index in [4.69, 9.17) is 0 Å². The smallest absolute Gasteiger partial charge is 0.246 e. The lowest BCUT2D eigenvalue weighted by molar-refractivity contribution is -0.126. The van der Waals surface area contributed by atoms with Crippen LogP contribution in [0.25, 0.3) is 6.08 Å². The number of carbonyl (C=O) groups excluding carboxylic acids is 1. The van der Waals surface area contributed by atoms with Crippen molar-refractivity contribution >= 4 is 17.7 Å². The van der Waals surface area contributed by atoms with Gasteiger partial charge in [0.15, 0.2) is 0 Å². The highest BCUT2D eigenvalue weighted by molar-refractivity contribution is 5.92. The van der Waals surface area contributed by atoms with Crippen molar-refractivity contribution in [1.82, 2.24) is 4.90 Å². The number of anilines is 1. The summed E-state index contributed by atoms with van der Waals surface area (Å²) in [5.74, 6) is 0.626. The number of hydrogen-bond acceptors (Lipinski definition) is 2. The molecule has 3 nitrogen and oxygen atoms in total. The van der Waals surface area contributed by atoms with Gasteiger partial charge in [0.1, 0.15) is 0 Å². The Kier molecular flexibility index (Phi) is 6.00. The van der Waals surface area contributed by atoms with E-state index in [9.17, 15) is 4.79 Å². The first-order chi connectivity index (χ1) is 13.0. The van der Waals surface area contributed by atoms with Crippen molar-refractivity contribution in [2.24, 2.45) is 0 Å². The van der Waals surface area contributed by atoms with Gasteiger partial charge >= 0.3 is 0 Å². The molecule has 0 unspecified atom stereocenters. The molecule has 0 spiro atoms. The third-order valence-electron chi connectivity index (χ3n) is 5.53. The van der Waals surface area contributed by atoms with E-state index in [1.807, 2.05) is 11.0 Å². The molecule has 142 valence electrons. The molecule has 0 aliphatic carbocycles. The Bertz CT molecular complexity index is 813. The maximum atomic E-state index is 12.5. The second-order valence-corrected chi connectivity index (χ2v) is 7.69. The van der Waals surface area contributed by atoms with E-state index in [0.29, 0.717) is 5.92 Å². The first kappa shape index (κ1) is 19.2. The molecule has 3 heteroatoms. The summed E-state index contributed by atoms with van der Waals surface area (Å²) in [5.41, 5.74) is 6.34. The summed E-state index contributed by atoms with van der Waals surface area (Å²) in [4.78, 5) is 16.9. The third kappa shape index (κ3) is 4.60. The lowest BCUT2D eigenvalue weighted by atomic mass is 10.0. The van der Waals surface area contributed by atoms with Crippen molar-refractivity contribution in [2.75, 3.05) is 31.1 Å². The Hall–Kier alpha value is -2.55. The van der Waals surface area contributed by atoms with Crippen LogP contribution in [-0.4, -0.2) is 37.0 Å². The second-order valence-electron chi connectivity index (χ2n) is 7.69. The molecular formula is C24H30N2O. The van der Waals surface area contributed by atoms with Crippen LogP contribution >= 0.6 is 0 Å². The van der Waals surface area contributed by atoms with Crippen LogP contribution < -0.4 is 4.90 Å². The number of benzene rings is 2. The normalized spacial score (nSPS) is 15.0. The SMILES string of the molecule is Cc1cccc(N2CCN(C(=O)/C=C/c3ccc(C(C)C)cc3)CC2)c1C. The van der Waals surface area contributed by atoms with Crippen molar-refractivity contribution in [3.63, 3.8) is 0 Å². The monoisotopic (exact) mass is 362 g/mol. The zero-order valence-electron chi connectivity index (χ0n) is 16.9. The van der Waals surface area contributed by atoms with Crippen molar-refractivity contribution in [3.05, 3.63) is 70.8 Å². The molecule has 0 atom stereocenters. The summed E-state index contributed by atoms with van der Waals surface area (Å²) in [6.07, 6.45) is 3.63. The number of amides is 1. The fourth-order valence-corrected chi connectivity index (χ4v) is 3.51. The molecule has 0 aromatic heterocycles. The first-order valence-corrected chi connectivity index (χ1v) is 9.84. The van der Waals surface area contributed by atoms with Gasteiger partial charge in [-0.05, 0) is 54.2 Å². The van der Waals surface area contributed by atoms with E-state index in [2.05, 4.69) is 75.1 Å². The lowest BCUT2D eigenvalue weighted by Crippen LogP contribution is -2.48. The number of rotatable bonds is 4. The zero-order chi connectivity index (χ0) is 19.4. The predicted molar refractivity (Wildman–Crippen MR) is 114 cm³/mol. The number of carbonyl (C=O) groups is 1. The molecule has 1 saturated heterocycles. The van der Waals surface area contributed by atoms with Crippen LogP contribution in [0.4, 0.5) is 5.69 Å². The first-order valence-electron chi connectivity index (χ1n) is 9.84. The van der Waals surface area contributed by atoms with Crippen molar-refractivity contribution < 1.29 is 4.79 Å². The Morgan fingerprint density at radius 2 is 1.63 bits per heavy atom. The highest BCUT2D eigenvalue weighted by Gasteiger charge is 2.20. The molecule has 0 bridgehead atoms. The van der Waals surface area contributed by atoms with E-state index in [-0.39, 0.29) is 5.91 Å². The molecule has 2 aromatic carbocycles. The maximum Gasteiger partial charge on any atom is 0.246 e. The minimum Gasteiger partial charge on any atom is -0.368 e. The van der Waals surface area contributed by atoms with Crippen LogP contribution in [0, 0.1) is 13.8 Å². The van der Waals surface area contributed by atoms with Crippen LogP contribution in [0.1, 0.15) is 42.0 Å². The fourth-order valence-electron chi connectivity index (χ4n) is 3.51. The fraction of sp³-hybridized carbons (Fsp3) is 0.375. The van der Waals surface area contributed by atoms with Crippen LogP contribution in [0.5, 0.6) is 0 Å². The van der Waals surface area contributed by atoms with Crippen LogP contribution in [-0.2, 0) is 4.79 Å². The molecule has 3 rings (SSSR count). The molecule has 1 heterocycles. The molecular weight excluding hydrogens is 332 g/mol. The van der Waals surface area contributed by atoms with Gasteiger partial charge in [0.2, 0.25) is 5.91 Å². The highest BCUT2D eigenvalue weighted by Crippen LogP contribution is 2.24. The van der Waals surface area contributed by atoms with E-state index in [1.165, 1.54) is 22.4 Å². The van der Waals surface area contributed by atoms with E-state index >= 15 is 0 Å². The van der Waals surface area contributed by atoms with Crippen LogP contribution in [0.3, 0.4) is 0 Å².